The third-order valence-electron chi connectivity index (χ3n) is 4.04. The van der Waals surface area contributed by atoms with Crippen LogP contribution in [-0.2, 0) is 0 Å². The molecule has 6 heteroatoms. The van der Waals surface area contributed by atoms with Crippen molar-refractivity contribution in [2.75, 3.05) is 18.0 Å². The van der Waals surface area contributed by atoms with E-state index in [0.717, 1.165) is 35.8 Å². The van der Waals surface area contributed by atoms with Gasteiger partial charge in [-0.25, -0.2) is 4.98 Å². The second kappa shape index (κ2) is 5.57. The summed E-state index contributed by atoms with van der Waals surface area (Å²) in [5, 5.41) is 0.269. The number of nitrogens with zero attached hydrogens (tertiary/aromatic N) is 5. The number of rotatable bonds is 2. The number of anilines is 1. The fraction of sp³-hybridized carbons (Fsp3) is 0.312. The van der Waals surface area contributed by atoms with Crippen LogP contribution in [0.4, 0.5) is 5.82 Å². The van der Waals surface area contributed by atoms with Crippen LogP contribution in [0.2, 0.25) is 5.28 Å². The molecular weight excluding hydrogens is 298 g/mol. The Hall–Kier alpha value is -2.14. The molecule has 0 aliphatic carbocycles. The molecule has 1 aliphatic rings. The van der Waals surface area contributed by atoms with Gasteiger partial charge in [0.15, 0.2) is 17.0 Å². The van der Waals surface area contributed by atoms with Crippen LogP contribution >= 0.6 is 11.6 Å². The van der Waals surface area contributed by atoms with Crippen molar-refractivity contribution >= 4 is 28.6 Å². The summed E-state index contributed by atoms with van der Waals surface area (Å²) >= 11 is 6.17. The molecule has 1 fully saturated rings. The molecule has 2 aromatic heterocycles. The maximum absolute atomic E-state index is 6.17. The molecule has 5 nitrogen and oxygen atoms in total. The maximum Gasteiger partial charge on any atom is 0.226 e. The van der Waals surface area contributed by atoms with Crippen LogP contribution in [0.1, 0.15) is 19.3 Å². The van der Waals surface area contributed by atoms with E-state index in [4.69, 9.17) is 11.6 Å². The third kappa shape index (κ3) is 2.31. The van der Waals surface area contributed by atoms with Crippen LogP contribution in [0.3, 0.4) is 0 Å². The van der Waals surface area contributed by atoms with E-state index in [1.54, 1.807) is 6.33 Å². The molecule has 0 unspecified atom stereocenters. The average Bonchev–Trinajstić information content (AvgIpc) is 2.99. The quantitative estimate of drug-likeness (QED) is 0.680. The van der Waals surface area contributed by atoms with Crippen LogP contribution in [0.5, 0.6) is 0 Å². The second-order valence-corrected chi connectivity index (χ2v) is 5.82. The fourth-order valence-electron chi connectivity index (χ4n) is 2.96. The van der Waals surface area contributed by atoms with Crippen molar-refractivity contribution in [3.8, 4) is 5.69 Å². The molecule has 3 aromatic rings. The van der Waals surface area contributed by atoms with Crippen molar-refractivity contribution in [1.29, 1.82) is 0 Å². The highest BCUT2D eigenvalue weighted by Crippen LogP contribution is 2.28. The average molecular weight is 314 g/mol. The largest absolute Gasteiger partial charge is 0.355 e. The molecule has 0 spiro atoms. The summed E-state index contributed by atoms with van der Waals surface area (Å²) in [6, 6.07) is 10.0. The van der Waals surface area contributed by atoms with Crippen LogP contribution in [0.25, 0.3) is 16.9 Å². The summed E-state index contributed by atoms with van der Waals surface area (Å²) in [7, 11) is 0. The lowest BCUT2D eigenvalue weighted by atomic mass is 10.1. The van der Waals surface area contributed by atoms with Crippen molar-refractivity contribution in [3.63, 3.8) is 0 Å². The zero-order chi connectivity index (χ0) is 14.9. The number of hydrogen-bond acceptors (Lipinski definition) is 4. The fourth-order valence-corrected chi connectivity index (χ4v) is 3.12. The van der Waals surface area contributed by atoms with Gasteiger partial charge >= 0.3 is 0 Å². The van der Waals surface area contributed by atoms with Gasteiger partial charge in [-0.1, -0.05) is 18.2 Å². The van der Waals surface area contributed by atoms with Crippen LogP contribution in [-0.4, -0.2) is 32.6 Å². The topological polar surface area (TPSA) is 46.8 Å². The number of fused-ring (bicyclic) bond motifs is 1. The first kappa shape index (κ1) is 13.5. The van der Waals surface area contributed by atoms with Crippen molar-refractivity contribution in [2.45, 2.75) is 19.3 Å². The normalized spacial score (nSPS) is 15.4. The van der Waals surface area contributed by atoms with Gasteiger partial charge in [-0.05, 0) is 43.0 Å². The molecule has 0 atom stereocenters. The number of aromatic nitrogens is 4. The Morgan fingerprint density at radius 2 is 1.73 bits per heavy atom. The van der Waals surface area contributed by atoms with Crippen LogP contribution in [0, 0.1) is 0 Å². The van der Waals surface area contributed by atoms with Gasteiger partial charge in [-0.15, -0.1) is 0 Å². The van der Waals surface area contributed by atoms with E-state index in [-0.39, 0.29) is 5.28 Å². The monoisotopic (exact) mass is 313 g/mol. The summed E-state index contributed by atoms with van der Waals surface area (Å²) in [5.74, 6) is 0.851. The molecule has 0 saturated carbocycles. The lowest BCUT2D eigenvalue weighted by Crippen LogP contribution is -2.30. The number of para-hydroxylation sites is 1. The molecule has 1 aromatic carbocycles. The summed E-state index contributed by atoms with van der Waals surface area (Å²) in [4.78, 5) is 15.6. The van der Waals surface area contributed by atoms with Crippen molar-refractivity contribution in [2.24, 2.45) is 0 Å². The van der Waals surface area contributed by atoms with Gasteiger partial charge in [-0.2, -0.15) is 9.97 Å². The standard InChI is InChI=1S/C16H16ClN5/c17-16-19-14(21-9-5-2-6-10-21)13-15(20-16)22(11-18-13)12-7-3-1-4-8-12/h1,3-4,7-8,11H,2,5-6,9-10H2. The molecule has 4 rings (SSSR count). The second-order valence-electron chi connectivity index (χ2n) is 5.49. The van der Waals surface area contributed by atoms with E-state index in [2.05, 4.69) is 19.9 Å². The minimum atomic E-state index is 0.269. The number of benzene rings is 1. The molecule has 0 radical (unpaired) electrons. The summed E-state index contributed by atoms with van der Waals surface area (Å²) in [6.07, 6.45) is 5.43. The predicted octanol–water partition coefficient (Wildman–Crippen LogP) is 3.46. The van der Waals surface area contributed by atoms with Gasteiger partial charge in [0.05, 0.1) is 0 Å². The van der Waals surface area contributed by atoms with Gasteiger partial charge in [0.25, 0.3) is 0 Å². The number of piperidine rings is 1. The number of halogens is 1. The number of hydrogen-bond donors (Lipinski definition) is 0. The first-order valence-corrected chi connectivity index (χ1v) is 7.92. The summed E-state index contributed by atoms with van der Waals surface area (Å²) in [5.41, 5.74) is 2.59. The molecule has 1 saturated heterocycles. The van der Waals surface area contributed by atoms with Gasteiger partial charge in [0, 0.05) is 18.8 Å². The Balaban J connectivity index is 1.87. The molecular formula is C16H16ClN5. The Morgan fingerprint density at radius 1 is 0.955 bits per heavy atom. The van der Waals surface area contributed by atoms with E-state index < -0.39 is 0 Å². The predicted molar refractivity (Wildman–Crippen MR) is 87.7 cm³/mol. The van der Waals surface area contributed by atoms with E-state index in [0.29, 0.717) is 0 Å². The smallest absolute Gasteiger partial charge is 0.226 e. The van der Waals surface area contributed by atoms with Crippen LogP contribution < -0.4 is 4.90 Å². The highest BCUT2D eigenvalue weighted by Gasteiger charge is 2.20. The van der Waals surface area contributed by atoms with Gasteiger partial charge in [-0.3, -0.25) is 4.57 Å². The third-order valence-corrected chi connectivity index (χ3v) is 4.21. The zero-order valence-corrected chi connectivity index (χ0v) is 12.9. The first-order chi connectivity index (χ1) is 10.8. The van der Waals surface area contributed by atoms with E-state index in [9.17, 15) is 0 Å². The minimum Gasteiger partial charge on any atom is -0.355 e. The molecule has 0 bridgehead atoms. The maximum atomic E-state index is 6.17. The highest BCUT2D eigenvalue weighted by molar-refractivity contribution is 6.28. The van der Waals surface area contributed by atoms with Crippen molar-refractivity contribution in [1.82, 2.24) is 19.5 Å². The van der Waals surface area contributed by atoms with E-state index in [1.165, 1.54) is 19.3 Å². The zero-order valence-electron chi connectivity index (χ0n) is 12.1. The Labute approximate surface area is 133 Å². The van der Waals surface area contributed by atoms with Crippen molar-refractivity contribution in [3.05, 3.63) is 41.9 Å². The molecule has 22 heavy (non-hydrogen) atoms. The van der Waals surface area contributed by atoms with Crippen molar-refractivity contribution < 1.29 is 0 Å². The van der Waals surface area contributed by atoms with Gasteiger partial charge in [0.2, 0.25) is 5.28 Å². The molecule has 1 aliphatic heterocycles. The van der Waals surface area contributed by atoms with Gasteiger partial charge in [0.1, 0.15) is 6.33 Å². The minimum absolute atomic E-state index is 0.269. The molecule has 0 N–H and O–H groups in total. The van der Waals surface area contributed by atoms with Gasteiger partial charge < -0.3 is 4.90 Å². The van der Waals surface area contributed by atoms with Crippen LogP contribution in [0.15, 0.2) is 36.7 Å². The van der Waals surface area contributed by atoms with E-state index in [1.807, 2.05) is 34.9 Å². The number of imidazole rings is 1. The Kier molecular flexibility index (Phi) is 3.42. The van der Waals surface area contributed by atoms with E-state index >= 15 is 0 Å². The Morgan fingerprint density at radius 3 is 2.50 bits per heavy atom. The Bertz CT molecular complexity index is 793. The highest BCUT2D eigenvalue weighted by atomic mass is 35.5. The SMILES string of the molecule is Clc1nc(N2CCCCC2)c2ncn(-c3ccccc3)c2n1. The summed E-state index contributed by atoms with van der Waals surface area (Å²) in [6.45, 7) is 2.00. The first-order valence-electron chi connectivity index (χ1n) is 7.54. The molecule has 3 heterocycles. The summed E-state index contributed by atoms with van der Waals surface area (Å²) < 4.78 is 1.95. The lowest BCUT2D eigenvalue weighted by Gasteiger charge is -2.27. The lowest BCUT2D eigenvalue weighted by molar-refractivity contribution is 0.574. The molecule has 112 valence electrons. The molecule has 0 amide bonds.